The average molecular weight is 277 g/mol. The van der Waals surface area contributed by atoms with Crippen molar-refractivity contribution in [3.8, 4) is 0 Å². The van der Waals surface area contributed by atoms with Crippen LogP contribution in [-0.4, -0.2) is 16.5 Å². The molecule has 0 amide bonds. The van der Waals surface area contributed by atoms with E-state index in [9.17, 15) is 0 Å². The Morgan fingerprint density at radius 3 is 2.68 bits per heavy atom. The lowest BCUT2D eigenvalue weighted by Gasteiger charge is -2.09. The van der Waals surface area contributed by atoms with Gasteiger partial charge in [-0.05, 0) is 24.8 Å². The third kappa shape index (κ3) is 3.44. The summed E-state index contributed by atoms with van der Waals surface area (Å²) in [5, 5.41) is 4.63. The fourth-order valence-electron chi connectivity index (χ4n) is 2.02. The van der Waals surface area contributed by atoms with Crippen LogP contribution in [0.3, 0.4) is 0 Å². The summed E-state index contributed by atoms with van der Waals surface area (Å²) in [7, 11) is 0. The SMILES string of the molecule is CCCNc1nc(CC(C)C)nc2sc(CC)cc12. The number of nitrogens with one attached hydrogen (secondary N) is 1. The maximum Gasteiger partial charge on any atom is 0.138 e. The minimum atomic E-state index is 0.585. The number of aryl methyl sites for hydroxylation is 1. The van der Waals surface area contributed by atoms with Crippen LogP contribution in [-0.2, 0) is 12.8 Å². The van der Waals surface area contributed by atoms with E-state index in [4.69, 9.17) is 9.97 Å². The highest BCUT2D eigenvalue weighted by Gasteiger charge is 2.11. The molecule has 0 spiro atoms. The molecule has 0 aliphatic heterocycles. The van der Waals surface area contributed by atoms with Gasteiger partial charge in [0.2, 0.25) is 0 Å². The second kappa shape index (κ2) is 6.33. The summed E-state index contributed by atoms with van der Waals surface area (Å²) in [6.07, 6.45) is 3.11. The molecule has 0 saturated carbocycles. The van der Waals surface area contributed by atoms with Gasteiger partial charge in [-0.25, -0.2) is 9.97 Å². The molecule has 104 valence electrons. The first-order chi connectivity index (χ1) is 9.13. The molecule has 0 aromatic carbocycles. The van der Waals surface area contributed by atoms with Crippen molar-refractivity contribution in [1.29, 1.82) is 0 Å². The van der Waals surface area contributed by atoms with Crippen molar-refractivity contribution < 1.29 is 0 Å². The Morgan fingerprint density at radius 1 is 1.26 bits per heavy atom. The summed E-state index contributed by atoms with van der Waals surface area (Å²) in [5.74, 6) is 2.56. The highest BCUT2D eigenvalue weighted by Crippen LogP contribution is 2.29. The smallest absolute Gasteiger partial charge is 0.138 e. The van der Waals surface area contributed by atoms with Crippen LogP contribution in [0.15, 0.2) is 6.07 Å². The molecule has 0 bridgehead atoms. The summed E-state index contributed by atoms with van der Waals surface area (Å²) < 4.78 is 0. The number of thiophene rings is 1. The first-order valence-corrected chi connectivity index (χ1v) is 7.98. The lowest BCUT2D eigenvalue weighted by molar-refractivity contribution is 0.623. The Labute approximate surface area is 119 Å². The van der Waals surface area contributed by atoms with Crippen LogP contribution in [0.2, 0.25) is 0 Å². The van der Waals surface area contributed by atoms with Crippen LogP contribution in [0, 0.1) is 5.92 Å². The topological polar surface area (TPSA) is 37.8 Å². The fourth-order valence-corrected chi connectivity index (χ4v) is 3.01. The first-order valence-electron chi connectivity index (χ1n) is 7.17. The molecule has 2 aromatic heterocycles. The Morgan fingerprint density at radius 2 is 2.05 bits per heavy atom. The Hall–Kier alpha value is -1.16. The zero-order valence-corrected chi connectivity index (χ0v) is 13.1. The maximum atomic E-state index is 4.72. The number of nitrogens with zero attached hydrogens (tertiary/aromatic N) is 2. The van der Waals surface area contributed by atoms with Crippen LogP contribution in [0.25, 0.3) is 10.2 Å². The predicted octanol–water partition coefficient (Wildman–Crippen LogP) is 4.27. The van der Waals surface area contributed by atoms with Crippen LogP contribution in [0.5, 0.6) is 0 Å². The molecule has 2 aromatic rings. The van der Waals surface area contributed by atoms with Gasteiger partial charge in [0.05, 0.1) is 5.39 Å². The predicted molar refractivity (Wildman–Crippen MR) is 84.1 cm³/mol. The second-order valence-electron chi connectivity index (χ2n) is 5.30. The molecule has 0 atom stereocenters. The normalized spacial score (nSPS) is 11.4. The van der Waals surface area contributed by atoms with E-state index in [0.717, 1.165) is 42.3 Å². The molecule has 4 heteroatoms. The molecule has 0 fully saturated rings. The number of hydrogen-bond donors (Lipinski definition) is 1. The molecule has 0 saturated heterocycles. The van der Waals surface area contributed by atoms with E-state index in [1.807, 2.05) is 0 Å². The lowest BCUT2D eigenvalue weighted by Crippen LogP contribution is -2.07. The van der Waals surface area contributed by atoms with E-state index in [1.165, 1.54) is 10.3 Å². The molecule has 19 heavy (non-hydrogen) atoms. The molecular formula is C15H23N3S. The first kappa shape index (κ1) is 14.3. The van der Waals surface area contributed by atoms with Crippen LogP contribution in [0.4, 0.5) is 5.82 Å². The highest BCUT2D eigenvalue weighted by molar-refractivity contribution is 7.18. The van der Waals surface area contributed by atoms with E-state index < -0.39 is 0 Å². The van der Waals surface area contributed by atoms with Gasteiger partial charge < -0.3 is 5.32 Å². The monoisotopic (exact) mass is 277 g/mol. The van der Waals surface area contributed by atoms with Gasteiger partial charge in [0.15, 0.2) is 0 Å². The molecule has 2 rings (SSSR count). The third-order valence-electron chi connectivity index (χ3n) is 2.97. The van der Waals surface area contributed by atoms with Crippen LogP contribution in [0.1, 0.15) is 44.8 Å². The van der Waals surface area contributed by atoms with E-state index in [1.54, 1.807) is 11.3 Å². The van der Waals surface area contributed by atoms with E-state index in [0.29, 0.717) is 5.92 Å². The highest BCUT2D eigenvalue weighted by atomic mass is 32.1. The summed E-state index contributed by atoms with van der Waals surface area (Å²) in [6, 6.07) is 2.23. The summed E-state index contributed by atoms with van der Waals surface area (Å²) in [6.45, 7) is 9.74. The molecule has 0 unspecified atom stereocenters. The van der Waals surface area contributed by atoms with Crippen LogP contribution < -0.4 is 5.32 Å². The lowest BCUT2D eigenvalue weighted by atomic mass is 10.1. The van der Waals surface area contributed by atoms with Crippen molar-refractivity contribution >= 4 is 27.4 Å². The minimum Gasteiger partial charge on any atom is -0.369 e. The van der Waals surface area contributed by atoms with Crippen molar-refractivity contribution in [3.05, 3.63) is 16.8 Å². The number of aromatic nitrogens is 2. The van der Waals surface area contributed by atoms with Gasteiger partial charge in [-0.15, -0.1) is 11.3 Å². The Balaban J connectivity index is 2.43. The summed E-state index contributed by atoms with van der Waals surface area (Å²) in [4.78, 5) is 11.9. The molecule has 0 aliphatic rings. The van der Waals surface area contributed by atoms with Crippen molar-refractivity contribution in [1.82, 2.24) is 9.97 Å². The largest absolute Gasteiger partial charge is 0.369 e. The summed E-state index contributed by atoms with van der Waals surface area (Å²) >= 11 is 1.80. The van der Waals surface area contributed by atoms with Crippen molar-refractivity contribution in [3.63, 3.8) is 0 Å². The van der Waals surface area contributed by atoms with Crippen molar-refractivity contribution in [2.45, 2.75) is 47.0 Å². The summed E-state index contributed by atoms with van der Waals surface area (Å²) in [5.41, 5.74) is 0. The molecule has 0 aliphatic carbocycles. The standard InChI is InChI=1S/C15H23N3S/c1-5-7-16-14-12-9-11(6-2)19-15(12)18-13(17-14)8-10(3)4/h9-10H,5-8H2,1-4H3,(H,16,17,18). The van der Waals surface area contributed by atoms with Gasteiger partial charge in [0.1, 0.15) is 16.5 Å². The minimum absolute atomic E-state index is 0.585. The van der Waals surface area contributed by atoms with Crippen LogP contribution >= 0.6 is 11.3 Å². The van der Waals surface area contributed by atoms with Gasteiger partial charge in [0.25, 0.3) is 0 Å². The van der Waals surface area contributed by atoms with Gasteiger partial charge in [-0.1, -0.05) is 27.7 Å². The molecular weight excluding hydrogens is 254 g/mol. The number of fused-ring (bicyclic) bond motifs is 1. The third-order valence-corrected chi connectivity index (χ3v) is 4.15. The van der Waals surface area contributed by atoms with Gasteiger partial charge >= 0.3 is 0 Å². The van der Waals surface area contributed by atoms with Gasteiger partial charge in [-0.3, -0.25) is 0 Å². The van der Waals surface area contributed by atoms with Gasteiger partial charge in [-0.2, -0.15) is 0 Å². The second-order valence-corrected chi connectivity index (χ2v) is 6.41. The molecule has 3 nitrogen and oxygen atoms in total. The Kier molecular flexibility index (Phi) is 4.75. The zero-order chi connectivity index (χ0) is 13.8. The quantitative estimate of drug-likeness (QED) is 0.856. The number of anilines is 1. The molecule has 0 radical (unpaired) electrons. The average Bonchev–Trinajstić information content (AvgIpc) is 2.78. The number of rotatable bonds is 6. The number of hydrogen-bond acceptors (Lipinski definition) is 4. The van der Waals surface area contributed by atoms with Crippen molar-refractivity contribution in [2.24, 2.45) is 5.92 Å². The maximum absolute atomic E-state index is 4.72. The van der Waals surface area contributed by atoms with Crippen molar-refractivity contribution in [2.75, 3.05) is 11.9 Å². The zero-order valence-electron chi connectivity index (χ0n) is 12.3. The molecule has 2 heterocycles. The van der Waals surface area contributed by atoms with E-state index >= 15 is 0 Å². The van der Waals surface area contributed by atoms with E-state index in [2.05, 4.69) is 39.1 Å². The fraction of sp³-hybridized carbons (Fsp3) is 0.600. The van der Waals surface area contributed by atoms with Gasteiger partial charge in [0, 0.05) is 17.8 Å². The van der Waals surface area contributed by atoms with E-state index in [-0.39, 0.29) is 0 Å². The molecule has 1 N–H and O–H groups in total. The Bertz CT molecular complexity index is 546.